The van der Waals surface area contributed by atoms with Crippen LogP contribution < -0.4 is 0 Å². The molecule has 0 radical (unpaired) electrons. The van der Waals surface area contributed by atoms with Gasteiger partial charge in [-0.3, -0.25) is 0 Å². The number of allylic oxidation sites excluding steroid dienone is 4. The van der Waals surface area contributed by atoms with Crippen LogP contribution >= 0.6 is 0 Å². The van der Waals surface area contributed by atoms with E-state index in [-0.39, 0.29) is 0 Å². The molecule has 0 saturated heterocycles. The second kappa shape index (κ2) is 3.82. The summed E-state index contributed by atoms with van der Waals surface area (Å²) >= 11 is 0. The fourth-order valence-corrected chi connectivity index (χ4v) is 1.85. The van der Waals surface area contributed by atoms with Crippen LogP contribution in [-0.4, -0.2) is 0 Å². The van der Waals surface area contributed by atoms with Gasteiger partial charge >= 0.3 is 0 Å². The van der Waals surface area contributed by atoms with Gasteiger partial charge in [0.2, 0.25) is 0 Å². The van der Waals surface area contributed by atoms with Crippen LogP contribution in [0.25, 0.3) is 11.1 Å². The first-order valence-corrected chi connectivity index (χ1v) is 4.64. The van der Waals surface area contributed by atoms with Gasteiger partial charge in [-0.2, -0.15) is 10.5 Å². The molecule has 0 heterocycles. The van der Waals surface area contributed by atoms with E-state index in [0.717, 1.165) is 22.3 Å². The van der Waals surface area contributed by atoms with E-state index in [1.807, 2.05) is 36.4 Å². The highest BCUT2D eigenvalue weighted by Crippen LogP contribution is 2.39. The Kier molecular flexibility index (Phi) is 2.35. The zero-order valence-corrected chi connectivity index (χ0v) is 8.07. The Labute approximate surface area is 88.4 Å². The molecular weight excluding hydrogens is 184 g/mol. The van der Waals surface area contributed by atoms with Crippen LogP contribution in [0, 0.1) is 22.7 Å². The highest BCUT2D eigenvalue weighted by Gasteiger charge is 2.19. The van der Waals surface area contributed by atoms with Crippen molar-refractivity contribution in [2.24, 2.45) is 0 Å². The molecule has 0 aromatic heterocycles. The molecule has 0 spiro atoms. The van der Waals surface area contributed by atoms with E-state index < -0.39 is 0 Å². The van der Waals surface area contributed by atoms with Gasteiger partial charge in [-0.15, -0.1) is 0 Å². The van der Waals surface area contributed by atoms with Crippen LogP contribution in [0.5, 0.6) is 0 Å². The molecule has 1 aromatic rings. The smallest absolute Gasteiger partial charge is 0.0915 e. The number of hydrogen-bond donors (Lipinski definition) is 0. The maximum Gasteiger partial charge on any atom is 0.0915 e. The van der Waals surface area contributed by atoms with Crippen molar-refractivity contribution >= 4 is 11.1 Å². The van der Waals surface area contributed by atoms with E-state index >= 15 is 0 Å². The van der Waals surface area contributed by atoms with Crippen LogP contribution in [0.15, 0.2) is 36.4 Å². The van der Waals surface area contributed by atoms with E-state index in [2.05, 4.69) is 0 Å². The van der Waals surface area contributed by atoms with Gasteiger partial charge < -0.3 is 0 Å². The normalized spacial score (nSPS) is 18.5. The van der Waals surface area contributed by atoms with Crippen molar-refractivity contribution in [2.75, 3.05) is 0 Å². The number of hydrogen-bond acceptors (Lipinski definition) is 2. The van der Waals surface area contributed by atoms with Gasteiger partial charge in [0.1, 0.15) is 0 Å². The first-order chi connectivity index (χ1) is 7.36. The molecule has 1 aliphatic rings. The van der Waals surface area contributed by atoms with Gasteiger partial charge in [-0.25, -0.2) is 0 Å². The summed E-state index contributed by atoms with van der Waals surface area (Å²) in [6, 6.07) is 11.9. The van der Waals surface area contributed by atoms with Crippen LogP contribution in [0.1, 0.15) is 17.5 Å². The molecule has 0 bridgehead atoms. The zero-order valence-electron chi connectivity index (χ0n) is 8.07. The van der Waals surface area contributed by atoms with Gasteiger partial charge in [0, 0.05) is 18.6 Å². The molecule has 2 rings (SSSR count). The van der Waals surface area contributed by atoms with E-state index in [0.29, 0.717) is 6.42 Å². The molecule has 1 aliphatic carbocycles. The summed E-state index contributed by atoms with van der Waals surface area (Å²) in [6.07, 6.45) is 3.79. The predicted molar refractivity (Wildman–Crippen MR) is 58.2 cm³/mol. The minimum Gasteiger partial charge on any atom is -0.193 e. The largest absolute Gasteiger partial charge is 0.193 e. The molecule has 1 aromatic carbocycles. The van der Waals surface area contributed by atoms with E-state index in [1.165, 1.54) is 0 Å². The molecule has 0 fully saturated rings. The maximum absolute atomic E-state index is 8.66. The molecule has 0 aliphatic heterocycles. The molecule has 0 N–H and O–H groups in total. The first-order valence-electron chi connectivity index (χ1n) is 4.64. The molecule has 15 heavy (non-hydrogen) atoms. The van der Waals surface area contributed by atoms with E-state index in [4.69, 9.17) is 10.5 Å². The summed E-state index contributed by atoms with van der Waals surface area (Å²) in [5, 5.41) is 17.3. The van der Waals surface area contributed by atoms with Crippen molar-refractivity contribution in [3.05, 3.63) is 47.5 Å². The van der Waals surface area contributed by atoms with Crippen molar-refractivity contribution < 1.29 is 0 Å². The number of rotatable bonds is 0. The number of fused-ring (bicyclic) bond motifs is 1. The Bertz CT molecular complexity index is 487. The fraction of sp³-hybridized carbons (Fsp3) is 0.0769. The number of nitrogens with zero attached hydrogens (tertiary/aromatic N) is 2. The monoisotopic (exact) mass is 192 g/mol. The Morgan fingerprint density at radius 1 is 0.933 bits per heavy atom. The maximum atomic E-state index is 8.66. The Morgan fingerprint density at radius 2 is 1.40 bits per heavy atom. The minimum atomic E-state index is 0.681. The quantitative estimate of drug-likeness (QED) is 0.593. The lowest BCUT2D eigenvalue weighted by Gasteiger charge is -1.97. The van der Waals surface area contributed by atoms with Gasteiger partial charge in [0.05, 0.1) is 12.1 Å². The van der Waals surface area contributed by atoms with Crippen molar-refractivity contribution in [3.8, 4) is 12.1 Å². The summed E-state index contributed by atoms with van der Waals surface area (Å²) in [6.45, 7) is 0. The van der Waals surface area contributed by atoms with Gasteiger partial charge in [-0.1, -0.05) is 24.3 Å². The summed E-state index contributed by atoms with van der Waals surface area (Å²) in [7, 11) is 0. The first kappa shape index (κ1) is 9.24. The number of nitriles is 2. The fourth-order valence-electron chi connectivity index (χ4n) is 1.85. The summed E-state index contributed by atoms with van der Waals surface area (Å²) in [5.41, 5.74) is 4.13. The lowest BCUT2D eigenvalue weighted by Crippen LogP contribution is -1.78. The van der Waals surface area contributed by atoms with Crippen molar-refractivity contribution in [2.45, 2.75) is 6.42 Å². The highest BCUT2D eigenvalue weighted by molar-refractivity contribution is 5.93. The molecule has 2 nitrogen and oxygen atoms in total. The molecule has 70 valence electrons. The third-order valence-corrected chi connectivity index (χ3v) is 2.48. The standard InChI is InChI=1S/C13H8N2/c14-7-5-10-9-11(6-8-15)13-4-2-1-3-12(10)13/h1-6H,9H2/b10-5-,11-6+. The number of benzene rings is 1. The molecule has 0 unspecified atom stereocenters. The van der Waals surface area contributed by atoms with Crippen LogP contribution in [0.2, 0.25) is 0 Å². The zero-order chi connectivity index (χ0) is 10.7. The predicted octanol–water partition coefficient (Wildman–Crippen LogP) is 2.90. The molecule has 2 heteroatoms. The van der Waals surface area contributed by atoms with E-state index in [1.54, 1.807) is 12.2 Å². The third-order valence-electron chi connectivity index (χ3n) is 2.48. The minimum absolute atomic E-state index is 0.681. The van der Waals surface area contributed by atoms with Crippen molar-refractivity contribution in [3.63, 3.8) is 0 Å². The summed E-state index contributed by atoms with van der Waals surface area (Å²) in [4.78, 5) is 0. The molecule has 0 amide bonds. The van der Waals surface area contributed by atoms with Crippen LogP contribution in [-0.2, 0) is 0 Å². The second-order valence-electron chi connectivity index (χ2n) is 3.32. The van der Waals surface area contributed by atoms with Gasteiger partial charge in [0.15, 0.2) is 0 Å². The van der Waals surface area contributed by atoms with Crippen LogP contribution in [0.3, 0.4) is 0 Å². The second-order valence-corrected chi connectivity index (χ2v) is 3.32. The molecule has 0 saturated carbocycles. The SMILES string of the molecule is N#C/C=C1/C/C(=C\C#N)c2ccccc21. The average molecular weight is 192 g/mol. The highest BCUT2D eigenvalue weighted by atomic mass is 14.3. The van der Waals surface area contributed by atoms with Crippen LogP contribution in [0.4, 0.5) is 0 Å². The Balaban J connectivity index is 2.61. The van der Waals surface area contributed by atoms with Gasteiger partial charge in [-0.05, 0) is 22.3 Å². The Hall–Kier alpha value is -2.32. The molecule has 0 atom stereocenters. The van der Waals surface area contributed by atoms with E-state index in [9.17, 15) is 0 Å². The van der Waals surface area contributed by atoms with Crippen molar-refractivity contribution in [1.82, 2.24) is 0 Å². The van der Waals surface area contributed by atoms with Crippen molar-refractivity contribution in [1.29, 1.82) is 10.5 Å². The lowest BCUT2D eigenvalue weighted by atomic mass is 10.1. The topological polar surface area (TPSA) is 47.6 Å². The van der Waals surface area contributed by atoms with Gasteiger partial charge in [0.25, 0.3) is 0 Å². The lowest BCUT2D eigenvalue weighted by molar-refractivity contribution is 1.48. The average Bonchev–Trinajstić information content (AvgIpc) is 2.59. The summed E-state index contributed by atoms with van der Waals surface area (Å²) in [5.74, 6) is 0. The third kappa shape index (κ3) is 1.54. The summed E-state index contributed by atoms with van der Waals surface area (Å²) < 4.78 is 0. The molecular formula is C13H8N2. The Morgan fingerprint density at radius 3 is 1.80 bits per heavy atom.